The summed E-state index contributed by atoms with van der Waals surface area (Å²) in [4.78, 5) is 23.0. The molecule has 0 aliphatic heterocycles. The summed E-state index contributed by atoms with van der Waals surface area (Å²) in [6, 6.07) is 0. The Hall–Kier alpha value is -2.14. The molecular formula is C14H24N4O6S. The second-order valence-electron chi connectivity index (χ2n) is 6.26. The third kappa shape index (κ3) is 7.10. The molecule has 0 unspecified atom stereocenters. The summed E-state index contributed by atoms with van der Waals surface area (Å²) < 4.78 is 36.4. The molecule has 1 rings (SSSR count). The molecule has 10 nitrogen and oxygen atoms in total. The molecule has 0 atom stereocenters. The molecule has 0 aliphatic carbocycles. The fourth-order valence-electron chi connectivity index (χ4n) is 1.85. The lowest BCUT2D eigenvalue weighted by molar-refractivity contribution is -0.120. The molecule has 2 amide bonds. The van der Waals surface area contributed by atoms with Gasteiger partial charge in [-0.1, -0.05) is 5.16 Å². The minimum Gasteiger partial charge on any atom is -0.444 e. The monoisotopic (exact) mass is 376 g/mol. The lowest BCUT2D eigenvalue weighted by Crippen LogP contribution is -2.42. The second-order valence-corrected chi connectivity index (χ2v) is 7.96. The highest BCUT2D eigenvalue weighted by atomic mass is 32.2. The fourth-order valence-corrected chi connectivity index (χ4v) is 3.20. The quantitative estimate of drug-likeness (QED) is 0.578. The highest BCUT2D eigenvalue weighted by Gasteiger charge is 2.23. The maximum Gasteiger partial charge on any atom is 0.408 e. The summed E-state index contributed by atoms with van der Waals surface area (Å²) in [7, 11) is -3.77. The van der Waals surface area contributed by atoms with Crippen LogP contribution in [0.25, 0.3) is 0 Å². The maximum absolute atomic E-state index is 12.1. The van der Waals surface area contributed by atoms with Crippen LogP contribution in [-0.2, 0) is 19.6 Å². The van der Waals surface area contributed by atoms with Gasteiger partial charge in [0, 0.05) is 13.1 Å². The number of sulfonamides is 1. The van der Waals surface area contributed by atoms with Crippen molar-refractivity contribution in [3.8, 4) is 0 Å². The molecule has 142 valence electrons. The van der Waals surface area contributed by atoms with E-state index >= 15 is 0 Å². The smallest absolute Gasteiger partial charge is 0.408 e. The molecule has 0 radical (unpaired) electrons. The van der Waals surface area contributed by atoms with Crippen LogP contribution in [0.15, 0.2) is 9.42 Å². The summed E-state index contributed by atoms with van der Waals surface area (Å²) in [5, 5.41) is 8.36. The topological polar surface area (TPSA) is 140 Å². The summed E-state index contributed by atoms with van der Waals surface area (Å²) >= 11 is 0. The number of aromatic nitrogens is 1. The summed E-state index contributed by atoms with van der Waals surface area (Å²) in [6.07, 6.45) is -0.707. The Bertz CT molecular complexity index is 701. The van der Waals surface area contributed by atoms with Gasteiger partial charge in [0.25, 0.3) is 0 Å². The van der Waals surface area contributed by atoms with Crippen LogP contribution in [0.1, 0.15) is 32.2 Å². The lowest BCUT2D eigenvalue weighted by Gasteiger charge is -2.19. The van der Waals surface area contributed by atoms with Crippen LogP contribution < -0.4 is 15.4 Å². The van der Waals surface area contributed by atoms with Gasteiger partial charge in [-0.15, -0.1) is 0 Å². The van der Waals surface area contributed by atoms with Crippen molar-refractivity contribution in [2.45, 2.75) is 45.1 Å². The fraction of sp³-hybridized carbons (Fsp3) is 0.643. The van der Waals surface area contributed by atoms with Crippen LogP contribution >= 0.6 is 0 Å². The van der Waals surface area contributed by atoms with Gasteiger partial charge in [0.05, 0.1) is 6.54 Å². The zero-order valence-corrected chi connectivity index (χ0v) is 15.7. The molecule has 0 fully saturated rings. The SMILES string of the molecule is Cc1noc(C)c1S(=O)(=O)NCCNC(=O)CNC(=O)OC(C)(C)C. The van der Waals surface area contributed by atoms with E-state index in [2.05, 4.69) is 20.5 Å². The van der Waals surface area contributed by atoms with Gasteiger partial charge < -0.3 is 19.9 Å². The molecule has 0 saturated carbocycles. The molecule has 3 N–H and O–H groups in total. The molecule has 0 spiro atoms. The number of alkyl carbamates (subject to hydrolysis) is 1. The normalized spacial score (nSPS) is 11.9. The Kier molecular flexibility index (Phi) is 6.94. The largest absolute Gasteiger partial charge is 0.444 e. The Morgan fingerprint density at radius 3 is 2.32 bits per heavy atom. The Balaban J connectivity index is 2.34. The van der Waals surface area contributed by atoms with E-state index in [0.29, 0.717) is 0 Å². The highest BCUT2D eigenvalue weighted by Crippen LogP contribution is 2.18. The third-order valence-electron chi connectivity index (χ3n) is 2.77. The number of nitrogens with one attached hydrogen (secondary N) is 3. The second kappa shape index (κ2) is 8.30. The van der Waals surface area contributed by atoms with E-state index in [1.807, 2.05) is 0 Å². The first kappa shape index (κ1) is 20.9. The van der Waals surface area contributed by atoms with Crippen LogP contribution in [0.4, 0.5) is 4.79 Å². The van der Waals surface area contributed by atoms with Crippen molar-refractivity contribution in [1.82, 2.24) is 20.5 Å². The Morgan fingerprint density at radius 1 is 1.16 bits per heavy atom. The molecule has 0 saturated heterocycles. The predicted molar refractivity (Wildman–Crippen MR) is 88.4 cm³/mol. The number of amides is 2. The maximum atomic E-state index is 12.1. The number of rotatable bonds is 7. The first-order chi connectivity index (χ1) is 11.4. The summed E-state index contributed by atoms with van der Waals surface area (Å²) in [5.41, 5.74) is -0.396. The minimum absolute atomic E-state index is 0.00887. The van der Waals surface area contributed by atoms with Gasteiger partial charge in [0.1, 0.15) is 16.2 Å². The summed E-state index contributed by atoms with van der Waals surface area (Å²) in [6.45, 7) is 7.90. The molecule has 0 aromatic carbocycles. The van der Waals surface area contributed by atoms with Crippen LogP contribution in [0.3, 0.4) is 0 Å². The molecule has 11 heteroatoms. The average Bonchev–Trinajstić information content (AvgIpc) is 2.79. The van der Waals surface area contributed by atoms with Crippen molar-refractivity contribution in [3.05, 3.63) is 11.5 Å². The van der Waals surface area contributed by atoms with Gasteiger partial charge in [-0.05, 0) is 34.6 Å². The van der Waals surface area contributed by atoms with Crippen molar-refractivity contribution in [1.29, 1.82) is 0 Å². The highest BCUT2D eigenvalue weighted by molar-refractivity contribution is 7.89. The number of hydrogen-bond acceptors (Lipinski definition) is 7. The number of nitrogens with zero attached hydrogens (tertiary/aromatic N) is 1. The van der Waals surface area contributed by atoms with E-state index in [4.69, 9.17) is 9.26 Å². The van der Waals surface area contributed by atoms with Gasteiger partial charge >= 0.3 is 6.09 Å². The van der Waals surface area contributed by atoms with Crippen molar-refractivity contribution in [2.24, 2.45) is 0 Å². The molecule has 25 heavy (non-hydrogen) atoms. The first-order valence-corrected chi connectivity index (χ1v) is 9.07. The Labute approximate surface area is 146 Å². The molecule has 1 aromatic rings. The number of hydrogen-bond donors (Lipinski definition) is 3. The van der Waals surface area contributed by atoms with Crippen molar-refractivity contribution in [3.63, 3.8) is 0 Å². The van der Waals surface area contributed by atoms with Gasteiger partial charge in [-0.2, -0.15) is 0 Å². The van der Waals surface area contributed by atoms with Crippen LogP contribution in [-0.4, -0.2) is 50.8 Å². The van der Waals surface area contributed by atoms with E-state index in [1.165, 1.54) is 13.8 Å². The average molecular weight is 376 g/mol. The predicted octanol–water partition coefficient (Wildman–Crippen LogP) is 0.211. The van der Waals surface area contributed by atoms with Crippen LogP contribution in [0, 0.1) is 13.8 Å². The number of carbonyl (C=O) groups is 2. The summed E-state index contributed by atoms with van der Waals surface area (Å²) in [5.74, 6) is -0.280. The lowest BCUT2D eigenvalue weighted by atomic mass is 10.2. The van der Waals surface area contributed by atoms with E-state index in [1.54, 1.807) is 20.8 Å². The van der Waals surface area contributed by atoms with Crippen molar-refractivity contribution in [2.75, 3.05) is 19.6 Å². The van der Waals surface area contributed by atoms with Crippen LogP contribution in [0.2, 0.25) is 0 Å². The standard InChI is InChI=1S/C14H24N4O6S/c1-9-12(10(2)24-18-9)25(21,22)17-7-6-15-11(19)8-16-13(20)23-14(3,4)5/h17H,6-8H2,1-5H3,(H,15,19)(H,16,20). The minimum atomic E-state index is -3.77. The zero-order valence-electron chi connectivity index (χ0n) is 14.9. The van der Waals surface area contributed by atoms with Crippen LogP contribution in [0.5, 0.6) is 0 Å². The van der Waals surface area contributed by atoms with E-state index < -0.39 is 27.6 Å². The van der Waals surface area contributed by atoms with Gasteiger partial charge in [-0.3, -0.25) is 4.79 Å². The molecular weight excluding hydrogens is 352 g/mol. The first-order valence-electron chi connectivity index (χ1n) is 7.58. The van der Waals surface area contributed by atoms with E-state index in [0.717, 1.165) is 0 Å². The molecule has 1 heterocycles. The van der Waals surface area contributed by atoms with Crippen molar-refractivity contribution < 1.29 is 27.3 Å². The number of aryl methyl sites for hydroxylation is 2. The van der Waals surface area contributed by atoms with Gasteiger partial charge in [0.15, 0.2) is 5.76 Å². The third-order valence-corrected chi connectivity index (χ3v) is 4.47. The number of carbonyl (C=O) groups excluding carboxylic acids is 2. The molecule has 1 aromatic heterocycles. The Morgan fingerprint density at radius 2 is 1.80 bits per heavy atom. The van der Waals surface area contributed by atoms with E-state index in [9.17, 15) is 18.0 Å². The van der Waals surface area contributed by atoms with E-state index in [-0.39, 0.29) is 36.0 Å². The van der Waals surface area contributed by atoms with Gasteiger partial charge in [0.2, 0.25) is 15.9 Å². The number of ether oxygens (including phenoxy) is 1. The zero-order chi connectivity index (χ0) is 19.3. The van der Waals surface area contributed by atoms with Crippen molar-refractivity contribution >= 4 is 22.0 Å². The van der Waals surface area contributed by atoms with Gasteiger partial charge in [-0.25, -0.2) is 17.9 Å². The molecule has 0 aliphatic rings. The molecule has 0 bridgehead atoms.